The van der Waals surface area contributed by atoms with Gasteiger partial charge in [0.05, 0.1) is 19.2 Å². The van der Waals surface area contributed by atoms with Crippen LogP contribution >= 0.6 is 11.6 Å². The van der Waals surface area contributed by atoms with Crippen molar-refractivity contribution in [3.63, 3.8) is 0 Å². The second-order valence-electron chi connectivity index (χ2n) is 5.78. The third-order valence-electron chi connectivity index (χ3n) is 3.74. The summed E-state index contributed by atoms with van der Waals surface area (Å²) in [5.41, 5.74) is 0.789. The largest absolute Gasteiger partial charge is 0.493 e. The summed E-state index contributed by atoms with van der Waals surface area (Å²) in [5, 5.41) is 3.85. The molecule has 1 N–H and O–H groups in total. The molecule has 0 aromatic heterocycles. The Kier molecular flexibility index (Phi) is 5.91. The average molecular weight is 339 g/mol. The van der Waals surface area contributed by atoms with Crippen LogP contribution in [-0.4, -0.2) is 50.2 Å². The zero-order valence-electron chi connectivity index (χ0n) is 13.9. The standard InChI is InChI=1S/C17H23ClN2O3/c1-11-9-20(10-12(2)19-11)16(21)6-5-13-7-14(18)17(23-4)15(8-13)22-3/h5-8,11-12,19H,9-10H2,1-4H3/b6-5+. The number of hydrogen-bond donors (Lipinski definition) is 1. The normalized spacial score (nSPS) is 21.5. The highest BCUT2D eigenvalue weighted by atomic mass is 35.5. The van der Waals surface area contributed by atoms with Crippen molar-refractivity contribution in [2.45, 2.75) is 25.9 Å². The van der Waals surface area contributed by atoms with Crippen LogP contribution in [0.2, 0.25) is 5.02 Å². The second kappa shape index (κ2) is 7.70. The number of piperazine rings is 1. The quantitative estimate of drug-likeness (QED) is 0.857. The van der Waals surface area contributed by atoms with E-state index in [0.717, 1.165) is 5.56 Å². The van der Waals surface area contributed by atoms with E-state index in [2.05, 4.69) is 19.2 Å². The number of halogens is 1. The van der Waals surface area contributed by atoms with Gasteiger partial charge in [0.1, 0.15) is 0 Å². The Morgan fingerprint density at radius 1 is 1.26 bits per heavy atom. The van der Waals surface area contributed by atoms with E-state index in [-0.39, 0.29) is 5.91 Å². The number of carbonyl (C=O) groups excluding carboxylic acids is 1. The molecule has 0 aliphatic carbocycles. The minimum absolute atomic E-state index is 0.00360. The molecule has 23 heavy (non-hydrogen) atoms. The molecular weight excluding hydrogens is 316 g/mol. The summed E-state index contributed by atoms with van der Waals surface area (Å²) < 4.78 is 10.5. The van der Waals surface area contributed by atoms with Gasteiger partial charge in [0.15, 0.2) is 11.5 Å². The maximum Gasteiger partial charge on any atom is 0.246 e. The van der Waals surface area contributed by atoms with Crippen LogP contribution in [0, 0.1) is 0 Å². The summed E-state index contributed by atoms with van der Waals surface area (Å²) in [6, 6.07) is 4.13. The fourth-order valence-corrected chi connectivity index (χ4v) is 3.11. The first-order chi connectivity index (χ1) is 10.9. The Hall–Kier alpha value is -1.72. The molecule has 1 fully saturated rings. The molecule has 0 radical (unpaired) electrons. The van der Waals surface area contributed by atoms with E-state index >= 15 is 0 Å². The maximum atomic E-state index is 12.3. The molecule has 1 aliphatic rings. The van der Waals surface area contributed by atoms with E-state index in [4.69, 9.17) is 21.1 Å². The van der Waals surface area contributed by atoms with Gasteiger partial charge in [-0.25, -0.2) is 0 Å². The molecule has 0 spiro atoms. The summed E-state index contributed by atoms with van der Waals surface area (Å²) in [4.78, 5) is 14.2. The monoisotopic (exact) mass is 338 g/mol. The molecule has 1 saturated heterocycles. The number of methoxy groups -OCH3 is 2. The molecule has 126 valence electrons. The summed E-state index contributed by atoms with van der Waals surface area (Å²) in [7, 11) is 3.09. The Balaban J connectivity index is 2.13. The zero-order valence-corrected chi connectivity index (χ0v) is 14.7. The lowest BCUT2D eigenvalue weighted by molar-refractivity contribution is -0.127. The van der Waals surface area contributed by atoms with Crippen molar-refractivity contribution in [1.82, 2.24) is 10.2 Å². The number of nitrogens with one attached hydrogen (secondary N) is 1. The lowest BCUT2D eigenvalue weighted by Gasteiger charge is -2.35. The number of ether oxygens (including phenoxy) is 2. The number of benzene rings is 1. The third-order valence-corrected chi connectivity index (χ3v) is 4.02. The number of carbonyl (C=O) groups is 1. The van der Waals surface area contributed by atoms with Crippen LogP contribution in [0.4, 0.5) is 0 Å². The van der Waals surface area contributed by atoms with E-state index in [1.807, 2.05) is 4.90 Å². The number of hydrogen-bond acceptors (Lipinski definition) is 4. The van der Waals surface area contributed by atoms with Crippen LogP contribution in [0.25, 0.3) is 6.08 Å². The molecular formula is C17H23ClN2O3. The third kappa shape index (κ3) is 4.39. The molecule has 1 heterocycles. The lowest BCUT2D eigenvalue weighted by Crippen LogP contribution is -2.55. The van der Waals surface area contributed by atoms with Gasteiger partial charge < -0.3 is 19.7 Å². The number of rotatable bonds is 4. The van der Waals surface area contributed by atoms with Gasteiger partial charge in [0, 0.05) is 31.2 Å². The van der Waals surface area contributed by atoms with Crippen LogP contribution < -0.4 is 14.8 Å². The van der Waals surface area contributed by atoms with Crippen molar-refractivity contribution in [3.8, 4) is 11.5 Å². The molecule has 1 aromatic carbocycles. The van der Waals surface area contributed by atoms with Crippen LogP contribution in [0.5, 0.6) is 11.5 Å². The van der Waals surface area contributed by atoms with Crippen molar-refractivity contribution < 1.29 is 14.3 Å². The smallest absolute Gasteiger partial charge is 0.246 e. The molecule has 2 atom stereocenters. The first-order valence-electron chi connectivity index (χ1n) is 7.59. The van der Waals surface area contributed by atoms with Crippen LogP contribution in [0.3, 0.4) is 0 Å². The predicted molar refractivity (Wildman–Crippen MR) is 92.2 cm³/mol. The minimum atomic E-state index is -0.00360. The molecule has 1 aliphatic heterocycles. The van der Waals surface area contributed by atoms with Crippen molar-refractivity contribution in [1.29, 1.82) is 0 Å². The topological polar surface area (TPSA) is 50.8 Å². The van der Waals surface area contributed by atoms with E-state index in [1.165, 1.54) is 7.11 Å². The molecule has 5 nitrogen and oxygen atoms in total. The van der Waals surface area contributed by atoms with Crippen molar-refractivity contribution in [2.75, 3.05) is 27.3 Å². The van der Waals surface area contributed by atoms with Crippen LogP contribution in [0.1, 0.15) is 19.4 Å². The molecule has 1 aromatic rings. The van der Waals surface area contributed by atoms with Crippen LogP contribution in [-0.2, 0) is 4.79 Å². The molecule has 1 amide bonds. The highest BCUT2D eigenvalue weighted by molar-refractivity contribution is 6.32. The number of amides is 1. The fraction of sp³-hybridized carbons (Fsp3) is 0.471. The van der Waals surface area contributed by atoms with Gasteiger partial charge in [-0.05, 0) is 37.6 Å². The van der Waals surface area contributed by atoms with Gasteiger partial charge in [-0.15, -0.1) is 0 Å². The molecule has 0 saturated carbocycles. The summed E-state index contributed by atoms with van der Waals surface area (Å²) in [5.74, 6) is 1.02. The predicted octanol–water partition coefficient (Wildman–Crippen LogP) is 2.58. The van der Waals surface area contributed by atoms with Crippen molar-refractivity contribution in [2.24, 2.45) is 0 Å². The first kappa shape index (κ1) is 17.6. The van der Waals surface area contributed by atoms with E-state index in [1.54, 1.807) is 31.4 Å². The summed E-state index contributed by atoms with van der Waals surface area (Å²) in [6.45, 7) is 5.57. The van der Waals surface area contributed by atoms with Gasteiger partial charge in [-0.2, -0.15) is 0 Å². The molecule has 6 heteroatoms. The lowest BCUT2D eigenvalue weighted by atomic mass is 10.1. The van der Waals surface area contributed by atoms with E-state index in [0.29, 0.717) is 41.7 Å². The number of nitrogens with zero attached hydrogens (tertiary/aromatic N) is 1. The Morgan fingerprint density at radius 3 is 2.48 bits per heavy atom. The molecule has 0 bridgehead atoms. The van der Waals surface area contributed by atoms with E-state index in [9.17, 15) is 4.79 Å². The minimum Gasteiger partial charge on any atom is -0.493 e. The zero-order chi connectivity index (χ0) is 17.0. The van der Waals surface area contributed by atoms with Crippen LogP contribution in [0.15, 0.2) is 18.2 Å². The molecule has 2 unspecified atom stereocenters. The van der Waals surface area contributed by atoms with Crippen molar-refractivity contribution in [3.05, 3.63) is 28.8 Å². The Bertz CT molecular complexity index is 594. The first-order valence-corrected chi connectivity index (χ1v) is 7.97. The fourth-order valence-electron chi connectivity index (χ4n) is 2.81. The van der Waals surface area contributed by atoms with Gasteiger partial charge in [-0.1, -0.05) is 11.6 Å². The Morgan fingerprint density at radius 2 is 1.91 bits per heavy atom. The molecule has 2 rings (SSSR count). The van der Waals surface area contributed by atoms with Crippen molar-refractivity contribution >= 4 is 23.6 Å². The highest BCUT2D eigenvalue weighted by Crippen LogP contribution is 2.36. The van der Waals surface area contributed by atoms with E-state index < -0.39 is 0 Å². The van der Waals surface area contributed by atoms with Gasteiger partial charge in [-0.3, -0.25) is 4.79 Å². The SMILES string of the molecule is COc1cc(/C=C/C(=O)N2CC(C)NC(C)C2)cc(Cl)c1OC. The van der Waals surface area contributed by atoms with Gasteiger partial charge in [0.25, 0.3) is 0 Å². The summed E-state index contributed by atoms with van der Waals surface area (Å²) >= 11 is 6.17. The Labute approximate surface area is 142 Å². The van der Waals surface area contributed by atoms with Gasteiger partial charge in [0.2, 0.25) is 5.91 Å². The average Bonchev–Trinajstić information content (AvgIpc) is 2.50. The van der Waals surface area contributed by atoms with Gasteiger partial charge >= 0.3 is 0 Å². The summed E-state index contributed by atoms with van der Waals surface area (Å²) in [6.07, 6.45) is 3.32. The maximum absolute atomic E-state index is 12.3. The second-order valence-corrected chi connectivity index (χ2v) is 6.19. The highest BCUT2D eigenvalue weighted by Gasteiger charge is 2.23.